The summed E-state index contributed by atoms with van der Waals surface area (Å²) in [5.74, 6) is -0.750. The number of aromatic nitrogens is 3. The molecule has 14 heteroatoms. The number of pyridine rings is 1. The van der Waals surface area contributed by atoms with Crippen molar-refractivity contribution in [3.05, 3.63) is 108 Å². The molecule has 3 amide bonds. The summed E-state index contributed by atoms with van der Waals surface area (Å²) in [7, 11) is 0. The van der Waals surface area contributed by atoms with Gasteiger partial charge in [0, 0.05) is 17.4 Å². The fraction of sp³-hybridized carbons (Fsp3) is 0.133. The summed E-state index contributed by atoms with van der Waals surface area (Å²) in [6.45, 7) is 0. The molecular weight excluding hydrogens is 581 g/mol. The highest BCUT2D eigenvalue weighted by molar-refractivity contribution is 6.01. The Hall–Kier alpha value is -5.47. The normalized spacial score (nSPS) is 12.1. The van der Waals surface area contributed by atoms with Crippen LogP contribution in [0.3, 0.4) is 0 Å². The number of hydrogen-bond acceptors (Lipinski definition) is 7. The number of amides is 3. The molecule has 5 N–H and O–H groups in total. The van der Waals surface area contributed by atoms with Crippen molar-refractivity contribution in [2.24, 2.45) is 0 Å². The third kappa shape index (κ3) is 7.29. The van der Waals surface area contributed by atoms with Crippen molar-refractivity contribution in [1.29, 1.82) is 0 Å². The molecule has 2 aromatic heterocycles. The smallest absolute Gasteiger partial charge is 0.404 e. The van der Waals surface area contributed by atoms with Crippen LogP contribution in [0.5, 0.6) is 5.75 Å². The van der Waals surface area contributed by atoms with Gasteiger partial charge >= 0.3 is 12.4 Å². The molecule has 0 radical (unpaired) electrons. The maximum absolute atomic E-state index is 13.2. The Morgan fingerprint density at radius 1 is 0.864 bits per heavy atom. The largest absolute Gasteiger partial charge is 0.573 e. The number of nitrogens with one attached hydrogen (secondary N) is 3. The Bertz CT molecular complexity index is 1760. The average molecular weight is 607 g/mol. The Morgan fingerprint density at radius 2 is 1.57 bits per heavy atom. The highest BCUT2D eigenvalue weighted by Gasteiger charge is 2.32. The van der Waals surface area contributed by atoms with Gasteiger partial charge in [-0.15, -0.1) is 23.4 Å². The molecule has 0 saturated carbocycles. The van der Waals surface area contributed by atoms with E-state index in [2.05, 4.69) is 30.9 Å². The van der Waals surface area contributed by atoms with Crippen LogP contribution in [-0.4, -0.2) is 55.4 Å². The molecule has 5 aromatic rings. The fourth-order valence-electron chi connectivity index (χ4n) is 4.41. The van der Waals surface area contributed by atoms with E-state index < -0.39 is 36.4 Å². The lowest BCUT2D eigenvalue weighted by Gasteiger charge is -2.20. The topological polar surface area (TPSA) is 150 Å². The molecule has 0 spiro atoms. The standard InChI is InChI=1S/C30H25F3N6O5/c31-30(32,33)44-24-11-5-4-10-22(24)36-29(43)34-20-14-12-19(13-15-20)25-37-38-26-21(9-6-16-39(25)26)27(40)35-23(28(41)42)17-18-7-2-1-3-8-18/h1-16,23,28,41-42H,17H2,(H,35,40)(H2,34,36,43)/t23-/m0/s1. The van der Waals surface area contributed by atoms with Gasteiger partial charge in [0.15, 0.2) is 23.5 Å². The molecule has 0 bridgehead atoms. The molecule has 0 unspecified atom stereocenters. The minimum absolute atomic E-state index is 0.162. The van der Waals surface area contributed by atoms with Crippen molar-refractivity contribution in [1.82, 2.24) is 19.9 Å². The molecule has 0 fully saturated rings. The molecule has 5 rings (SSSR count). The zero-order chi connectivity index (χ0) is 31.3. The number of carbonyl (C=O) groups is 2. The Balaban J connectivity index is 1.28. The Labute approximate surface area is 247 Å². The van der Waals surface area contributed by atoms with Crippen molar-refractivity contribution in [2.75, 3.05) is 10.6 Å². The zero-order valence-electron chi connectivity index (χ0n) is 22.7. The van der Waals surface area contributed by atoms with Crippen LogP contribution >= 0.6 is 0 Å². The first-order chi connectivity index (χ1) is 21.1. The van der Waals surface area contributed by atoms with Crippen LogP contribution < -0.4 is 20.7 Å². The highest BCUT2D eigenvalue weighted by Crippen LogP contribution is 2.30. The van der Waals surface area contributed by atoms with Crippen LogP contribution in [0, 0.1) is 0 Å². The van der Waals surface area contributed by atoms with Gasteiger partial charge in [-0.2, -0.15) is 0 Å². The molecule has 0 aliphatic heterocycles. The van der Waals surface area contributed by atoms with Crippen LogP contribution in [0.25, 0.3) is 17.0 Å². The van der Waals surface area contributed by atoms with Crippen LogP contribution in [0.4, 0.5) is 29.3 Å². The van der Waals surface area contributed by atoms with Crippen LogP contribution in [0.1, 0.15) is 15.9 Å². The number of urea groups is 1. The third-order valence-electron chi connectivity index (χ3n) is 6.42. The number of carbonyl (C=O) groups excluding carboxylic acids is 2. The van der Waals surface area contributed by atoms with E-state index in [1.807, 2.05) is 30.3 Å². The second-order valence-electron chi connectivity index (χ2n) is 9.52. The number of ether oxygens (including phenoxy) is 1. The van der Waals surface area contributed by atoms with E-state index in [4.69, 9.17) is 0 Å². The number of aliphatic hydroxyl groups is 2. The van der Waals surface area contributed by atoms with Gasteiger partial charge in [-0.1, -0.05) is 42.5 Å². The predicted molar refractivity (Wildman–Crippen MR) is 154 cm³/mol. The third-order valence-corrected chi connectivity index (χ3v) is 6.42. The van der Waals surface area contributed by atoms with Crippen molar-refractivity contribution in [3.8, 4) is 17.1 Å². The molecular formula is C30H25F3N6O5. The van der Waals surface area contributed by atoms with Crippen molar-refractivity contribution < 1.29 is 37.7 Å². The summed E-state index contributed by atoms with van der Waals surface area (Å²) in [5, 5.41) is 35.6. The van der Waals surface area contributed by atoms with E-state index in [1.165, 1.54) is 24.3 Å². The summed E-state index contributed by atoms with van der Waals surface area (Å²) in [6.07, 6.45) is -4.88. The van der Waals surface area contributed by atoms with Crippen LogP contribution in [0.15, 0.2) is 97.2 Å². The van der Waals surface area contributed by atoms with Gasteiger partial charge in [0.25, 0.3) is 5.91 Å². The summed E-state index contributed by atoms with van der Waals surface area (Å²) in [6, 6.07) is 22.0. The summed E-state index contributed by atoms with van der Waals surface area (Å²) in [4.78, 5) is 25.6. The first-order valence-corrected chi connectivity index (χ1v) is 13.2. The van der Waals surface area contributed by atoms with Gasteiger partial charge in [0.05, 0.1) is 17.3 Å². The van der Waals surface area contributed by atoms with Gasteiger partial charge in [-0.05, 0) is 60.5 Å². The number of para-hydroxylation sites is 2. The molecule has 0 saturated heterocycles. The maximum atomic E-state index is 13.2. The number of benzene rings is 3. The first-order valence-electron chi connectivity index (χ1n) is 13.2. The predicted octanol–water partition coefficient (Wildman–Crippen LogP) is 4.59. The first kappa shape index (κ1) is 30.0. The quantitative estimate of drug-likeness (QED) is 0.154. The number of alkyl halides is 3. The molecule has 0 aliphatic carbocycles. The average Bonchev–Trinajstić information content (AvgIpc) is 3.42. The van der Waals surface area contributed by atoms with Gasteiger partial charge in [-0.25, -0.2) is 4.79 Å². The summed E-state index contributed by atoms with van der Waals surface area (Å²) >= 11 is 0. The molecule has 0 aliphatic rings. The lowest BCUT2D eigenvalue weighted by molar-refractivity contribution is -0.274. The SMILES string of the molecule is O=C(Nc1ccc(-c2nnc3c(C(=O)N[C@@H](Cc4ccccc4)C(O)O)cccn23)cc1)Nc1ccccc1OC(F)(F)F. The molecule has 2 heterocycles. The lowest BCUT2D eigenvalue weighted by Crippen LogP contribution is -2.44. The minimum Gasteiger partial charge on any atom is -0.404 e. The number of hydrogen-bond donors (Lipinski definition) is 5. The van der Waals surface area contributed by atoms with Crippen molar-refractivity contribution in [3.63, 3.8) is 0 Å². The van der Waals surface area contributed by atoms with Crippen LogP contribution in [0.2, 0.25) is 0 Å². The van der Waals surface area contributed by atoms with Crippen molar-refractivity contribution >= 4 is 29.0 Å². The maximum Gasteiger partial charge on any atom is 0.573 e. The molecule has 3 aromatic carbocycles. The summed E-state index contributed by atoms with van der Waals surface area (Å²) in [5.41, 5.74) is 1.94. The molecule has 44 heavy (non-hydrogen) atoms. The minimum atomic E-state index is -4.92. The molecule has 11 nitrogen and oxygen atoms in total. The number of fused-ring (bicyclic) bond motifs is 1. The Kier molecular flexibility index (Phi) is 8.73. The van der Waals surface area contributed by atoms with E-state index in [0.29, 0.717) is 17.1 Å². The number of rotatable bonds is 9. The van der Waals surface area contributed by atoms with Crippen molar-refractivity contribution in [2.45, 2.75) is 25.1 Å². The van der Waals surface area contributed by atoms with Crippen LogP contribution in [-0.2, 0) is 6.42 Å². The van der Waals surface area contributed by atoms with E-state index in [-0.39, 0.29) is 23.3 Å². The number of nitrogens with zero attached hydrogens (tertiary/aromatic N) is 3. The second-order valence-corrected chi connectivity index (χ2v) is 9.52. The van der Waals surface area contributed by atoms with E-state index >= 15 is 0 Å². The zero-order valence-corrected chi connectivity index (χ0v) is 22.7. The number of aliphatic hydroxyl groups excluding tert-OH is 1. The second kappa shape index (κ2) is 12.8. The van der Waals surface area contributed by atoms with E-state index in [9.17, 15) is 33.0 Å². The summed E-state index contributed by atoms with van der Waals surface area (Å²) < 4.78 is 43.5. The molecule has 1 atom stereocenters. The van der Waals surface area contributed by atoms with Gasteiger partial charge in [-0.3, -0.25) is 9.20 Å². The molecule has 226 valence electrons. The van der Waals surface area contributed by atoms with Gasteiger partial charge in [0.2, 0.25) is 0 Å². The number of anilines is 2. The lowest BCUT2D eigenvalue weighted by atomic mass is 10.1. The monoisotopic (exact) mass is 606 g/mol. The van der Waals surface area contributed by atoms with E-state index in [0.717, 1.165) is 11.6 Å². The van der Waals surface area contributed by atoms with E-state index in [1.54, 1.807) is 40.9 Å². The van der Waals surface area contributed by atoms with Gasteiger partial charge in [0.1, 0.15) is 0 Å². The fourth-order valence-corrected chi connectivity index (χ4v) is 4.41. The Morgan fingerprint density at radius 3 is 2.27 bits per heavy atom. The number of halogens is 3. The van der Waals surface area contributed by atoms with Gasteiger partial charge < -0.3 is 30.9 Å². The highest BCUT2D eigenvalue weighted by atomic mass is 19.4.